The summed E-state index contributed by atoms with van der Waals surface area (Å²) < 4.78 is 5.66. The highest BCUT2D eigenvalue weighted by Crippen LogP contribution is 2.21. The first-order valence-corrected chi connectivity index (χ1v) is 10.6. The van der Waals surface area contributed by atoms with Crippen molar-refractivity contribution < 1.29 is 4.74 Å². The number of nitrogens with one attached hydrogen (secondary N) is 2. The van der Waals surface area contributed by atoms with E-state index in [1.807, 2.05) is 7.05 Å². The lowest BCUT2D eigenvalue weighted by Gasteiger charge is -2.33. The molecule has 2 rings (SSSR count). The van der Waals surface area contributed by atoms with Gasteiger partial charge >= 0.3 is 0 Å². The molecule has 0 aromatic rings. The minimum Gasteiger partial charge on any atom is -0.377 e. The molecule has 6 nitrogen and oxygen atoms in total. The highest BCUT2D eigenvalue weighted by Gasteiger charge is 2.21. The van der Waals surface area contributed by atoms with Gasteiger partial charge in [-0.25, -0.2) is 0 Å². The van der Waals surface area contributed by atoms with E-state index in [-0.39, 0.29) is 24.0 Å². The number of guanidine groups is 1. The average Bonchev–Trinajstić information content (AvgIpc) is 3.16. The van der Waals surface area contributed by atoms with Crippen molar-refractivity contribution in [3.05, 3.63) is 0 Å². The minimum absolute atomic E-state index is 0. The number of hydrogen-bond donors (Lipinski definition) is 2. The Morgan fingerprint density at radius 3 is 2.44 bits per heavy atom. The number of rotatable bonds is 9. The number of piperidine rings is 1. The molecule has 0 amide bonds. The molecule has 0 unspecified atom stereocenters. The molecule has 27 heavy (non-hydrogen) atoms. The van der Waals surface area contributed by atoms with Crippen LogP contribution in [0, 0.1) is 0 Å². The lowest BCUT2D eigenvalue weighted by Crippen LogP contribution is -2.50. The smallest absolute Gasteiger partial charge is 0.191 e. The average molecular weight is 495 g/mol. The van der Waals surface area contributed by atoms with Crippen molar-refractivity contribution in [1.82, 2.24) is 20.4 Å². The van der Waals surface area contributed by atoms with Crippen molar-refractivity contribution in [2.24, 2.45) is 4.99 Å². The predicted molar refractivity (Wildman–Crippen MR) is 125 cm³/mol. The topological polar surface area (TPSA) is 52.1 Å². The number of nitrogens with zero attached hydrogens (tertiary/aromatic N) is 3. The first-order valence-electron chi connectivity index (χ1n) is 10.6. The van der Waals surface area contributed by atoms with Crippen LogP contribution in [0.4, 0.5) is 0 Å². The Balaban J connectivity index is 0.00000364. The third-order valence-corrected chi connectivity index (χ3v) is 5.72. The first-order chi connectivity index (χ1) is 12.6. The molecule has 2 fully saturated rings. The van der Waals surface area contributed by atoms with Crippen molar-refractivity contribution >= 4 is 29.9 Å². The monoisotopic (exact) mass is 495 g/mol. The third kappa shape index (κ3) is 9.76. The van der Waals surface area contributed by atoms with Gasteiger partial charge in [-0.05, 0) is 46.6 Å². The minimum atomic E-state index is 0. The van der Waals surface area contributed by atoms with Crippen molar-refractivity contribution in [3.8, 4) is 0 Å². The van der Waals surface area contributed by atoms with Gasteiger partial charge in [-0.3, -0.25) is 4.99 Å². The van der Waals surface area contributed by atoms with E-state index in [0.29, 0.717) is 12.1 Å². The molecule has 2 aliphatic rings. The van der Waals surface area contributed by atoms with Crippen LogP contribution in [0.25, 0.3) is 0 Å². The van der Waals surface area contributed by atoms with Gasteiger partial charge in [0.05, 0.1) is 12.7 Å². The Bertz CT molecular complexity index is 407. The van der Waals surface area contributed by atoms with Gasteiger partial charge in [-0.1, -0.05) is 12.8 Å². The van der Waals surface area contributed by atoms with Crippen LogP contribution in [0.2, 0.25) is 0 Å². The Kier molecular flexibility index (Phi) is 12.9. The third-order valence-electron chi connectivity index (χ3n) is 5.72. The maximum atomic E-state index is 5.66. The fourth-order valence-corrected chi connectivity index (χ4v) is 3.98. The van der Waals surface area contributed by atoms with E-state index in [9.17, 15) is 0 Å². The molecule has 0 spiro atoms. The van der Waals surface area contributed by atoms with Gasteiger partial charge in [0.25, 0.3) is 0 Å². The van der Waals surface area contributed by atoms with E-state index < -0.39 is 0 Å². The largest absolute Gasteiger partial charge is 0.377 e. The zero-order valence-corrected chi connectivity index (χ0v) is 20.2. The van der Waals surface area contributed by atoms with Crippen LogP contribution in [0.1, 0.15) is 52.4 Å². The fourth-order valence-electron chi connectivity index (χ4n) is 3.98. The number of halogens is 1. The summed E-state index contributed by atoms with van der Waals surface area (Å²) in [4.78, 5) is 9.42. The zero-order valence-electron chi connectivity index (χ0n) is 17.9. The van der Waals surface area contributed by atoms with Crippen molar-refractivity contribution in [2.75, 3.05) is 53.4 Å². The van der Waals surface area contributed by atoms with Crippen molar-refractivity contribution in [2.45, 2.75) is 70.6 Å². The van der Waals surface area contributed by atoms with Crippen LogP contribution in [0.3, 0.4) is 0 Å². The highest BCUT2D eigenvalue weighted by molar-refractivity contribution is 14.0. The lowest BCUT2D eigenvalue weighted by atomic mass is 10.1. The SMILES string of the molecule is CN=C(NCCN(C)C1CCCC1)NC1CCN(CCOC(C)C)CC1.I. The van der Waals surface area contributed by atoms with Crippen LogP contribution < -0.4 is 10.6 Å². The maximum Gasteiger partial charge on any atom is 0.191 e. The summed E-state index contributed by atoms with van der Waals surface area (Å²) in [5.41, 5.74) is 0. The van der Waals surface area contributed by atoms with E-state index in [4.69, 9.17) is 4.74 Å². The quantitative estimate of drug-likeness (QED) is 0.293. The number of ether oxygens (including phenoxy) is 1. The molecule has 160 valence electrons. The number of aliphatic imine (C=N–C) groups is 1. The lowest BCUT2D eigenvalue weighted by molar-refractivity contribution is 0.0532. The van der Waals surface area contributed by atoms with Crippen LogP contribution >= 0.6 is 24.0 Å². The van der Waals surface area contributed by atoms with Crippen molar-refractivity contribution in [3.63, 3.8) is 0 Å². The zero-order chi connectivity index (χ0) is 18.8. The second-order valence-corrected chi connectivity index (χ2v) is 8.10. The fraction of sp³-hybridized carbons (Fsp3) is 0.950. The maximum absolute atomic E-state index is 5.66. The normalized spacial score (nSPS) is 20.3. The molecule has 1 heterocycles. The number of likely N-dealkylation sites (tertiary alicyclic amines) is 1. The first kappa shape index (κ1) is 24.9. The molecule has 0 bridgehead atoms. The molecule has 0 radical (unpaired) electrons. The van der Waals surface area contributed by atoms with Gasteiger partial charge in [-0.15, -0.1) is 24.0 Å². The number of likely N-dealkylation sites (N-methyl/N-ethyl adjacent to an activating group) is 1. The van der Waals surface area contributed by atoms with Crippen LogP contribution in [-0.2, 0) is 4.74 Å². The van der Waals surface area contributed by atoms with Gasteiger partial charge in [0.2, 0.25) is 0 Å². The summed E-state index contributed by atoms with van der Waals surface area (Å²) in [7, 11) is 4.13. The van der Waals surface area contributed by atoms with Crippen LogP contribution in [0.15, 0.2) is 4.99 Å². The molecule has 1 aliphatic carbocycles. The Labute approximate surface area is 183 Å². The van der Waals surface area contributed by atoms with Gasteiger partial charge in [-0.2, -0.15) is 0 Å². The molecule has 0 aromatic heterocycles. The Hall–Kier alpha value is -0.120. The molecular formula is C20H42IN5O. The van der Waals surface area contributed by atoms with Crippen molar-refractivity contribution in [1.29, 1.82) is 0 Å². The van der Waals surface area contributed by atoms with E-state index in [0.717, 1.165) is 51.3 Å². The summed E-state index contributed by atoms with van der Waals surface area (Å²) in [6.45, 7) is 10.4. The van der Waals surface area contributed by atoms with E-state index in [1.165, 1.54) is 38.5 Å². The van der Waals surface area contributed by atoms with E-state index >= 15 is 0 Å². The second kappa shape index (κ2) is 14.0. The standard InChI is InChI=1S/C20H41N5O.HI/c1-17(2)26-16-15-25-12-9-18(10-13-25)23-20(21-3)22-11-14-24(4)19-7-5-6-8-19;/h17-19H,5-16H2,1-4H3,(H2,21,22,23);1H. The molecule has 7 heteroatoms. The van der Waals surface area contributed by atoms with Gasteiger partial charge < -0.3 is 25.2 Å². The summed E-state index contributed by atoms with van der Waals surface area (Å²) in [6.07, 6.45) is 8.20. The molecule has 1 saturated heterocycles. The van der Waals surface area contributed by atoms with Gasteiger partial charge in [0, 0.05) is 51.9 Å². The summed E-state index contributed by atoms with van der Waals surface area (Å²) in [5.74, 6) is 0.950. The van der Waals surface area contributed by atoms with Crippen LogP contribution in [-0.4, -0.2) is 87.4 Å². The van der Waals surface area contributed by atoms with E-state index in [1.54, 1.807) is 0 Å². The summed E-state index contributed by atoms with van der Waals surface area (Å²) in [5, 5.41) is 7.10. The molecule has 0 aromatic carbocycles. The van der Waals surface area contributed by atoms with Gasteiger partial charge in [0.1, 0.15) is 0 Å². The summed E-state index contributed by atoms with van der Waals surface area (Å²) in [6, 6.07) is 1.31. The Morgan fingerprint density at radius 2 is 1.85 bits per heavy atom. The highest BCUT2D eigenvalue weighted by atomic mass is 127. The molecule has 0 atom stereocenters. The van der Waals surface area contributed by atoms with E-state index in [2.05, 4.69) is 46.3 Å². The van der Waals surface area contributed by atoms with Gasteiger partial charge in [0.15, 0.2) is 5.96 Å². The molecular weight excluding hydrogens is 453 g/mol. The summed E-state index contributed by atoms with van der Waals surface area (Å²) >= 11 is 0. The second-order valence-electron chi connectivity index (χ2n) is 8.10. The van der Waals surface area contributed by atoms with Crippen LogP contribution in [0.5, 0.6) is 0 Å². The molecule has 1 aliphatic heterocycles. The Morgan fingerprint density at radius 1 is 1.19 bits per heavy atom. The molecule has 1 saturated carbocycles. The molecule has 2 N–H and O–H groups in total. The predicted octanol–water partition coefficient (Wildman–Crippen LogP) is 2.53. The number of hydrogen-bond acceptors (Lipinski definition) is 4.